The van der Waals surface area contributed by atoms with Gasteiger partial charge in [-0.05, 0) is 32.6 Å². The molecule has 0 heterocycles. The molecule has 96 valence electrons. The van der Waals surface area contributed by atoms with E-state index in [0.717, 1.165) is 12.8 Å². The van der Waals surface area contributed by atoms with Crippen molar-refractivity contribution in [1.29, 1.82) is 0 Å². The Hall–Kier alpha value is -1.52. The van der Waals surface area contributed by atoms with Crippen LogP contribution in [-0.2, 0) is 4.79 Å². The zero-order chi connectivity index (χ0) is 13.1. The molecule has 0 atom stereocenters. The Morgan fingerprint density at radius 1 is 1.53 bits per heavy atom. The molecular weight excluding hydrogens is 220 g/mol. The summed E-state index contributed by atoms with van der Waals surface area (Å²) in [5, 5.41) is 11.6. The van der Waals surface area contributed by atoms with Gasteiger partial charge in [0.25, 0.3) is 0 Å². The van der Waals surface area contributed by atoms with Crippen LogP contribution in [0.5, 0.6) is 0 Å². The number of aliphatic carboxylic acids is 1. The second kappa shape index (κ2) is 5.21. The molecule has 17 heavy (non-hydrogen) atoms. The molecule has 5 heteroatoms. The summed E-state index contributed by atoms with van der Waals surface area (Å²) in [6.07, 6.45) is 3.76. The smallest absolute Gasteiger partial charge is 0.323 e. The van der Waals surface area contributed by atoms with Gasteiger partial charge < -0.3 is 15.3 Å². The normalized spacial score (nSPS) is 15.2. The summed E-state index contributed by atoms with van der Waals surface area (Å²) in [4.78, 5) is 23.8. The molecule has 2 amide bonds. The molecule has 0 aliphatic heterocycles. The van der Waals surface area contributed by atoms with E-state index in [1.165, 1.54) is 11.0 Å². The van der Waals surface area contributed by atoms with Crippen molar-refractivity contribution in [1.82, 2.24) is 10.2 Å². The molecule has 2 N–H and O–H groups in total. The summed E-state index contributed by atoms with van der Waals surface area (Å²) in [5.74, 6) is -0.520. The minimum absolute atomic E-state index is 0.235. The zero-order valence-electron chi connectivity index (χ0n) is 10.4. The molecule has 1 aliphatic carbocycles. The fraction of sp³-hybridized carbons (Fsp3) is 0.667. The number of carbonyl (C=O) groups excluding carboxylic acids is 1. The van der Waals surface area contributed by atoms with Crippen LogP contribution in [0, 0.1) is 5.92 Å². The minimum atomic E-state index is -1.02. The summed E-state index contributed by atoms with van der Waals surface area (Å²) >= 11 is 0. The molecule has 0 aromatic rings. The molecule has 0 bridgehead atoms. The van der Waals surface area contributed by atoms with Gasteiger partial charge in [0, 0.05) is 12.1 Å². The van der Waals surface area contributed by atoms with Crippen LogP contribution in [0.4, 0.5) is 4.79 Å². The highest BCUT2D eigenvalue weighted by molar-refractivity contribution is 5.80. The lowest BCUT2D eigenvalue weighted by molar-refractivity contribution is -0.137. The van der Waals surface area contributed by atoms with Crippen LogP contribution in [0.15, 0.2) is 12.7 Å². The van der Waals surface area contributed by atoms with Crippen LogP contribution in [-0.4, -0.2) is 40.6 Å². The number of urea groups is 1. The number of carboxylic acid groups (broad SMARTS) is 1. The molecule has 0 spiro atoms. The molecule has 0 unspecified atom stereocenters. The van der Waals surface area contributed by atoms with Gasteiger partial charge in [-0.25, -0.2) is 4.79 Å². The van der Waals surface area contributed by atoms with E-state index in [9.17, 15) is 9.59 Å². The summed E-state index contributed by atoms with van der Waals surface area (Å²) in [5.41, 5.74) is -0.269. The van der Waals surface area contributed by atoms with Gasteiger partial charge in [-0.3, -0.25) is 4.79 Å². The van der Waals surface area contributed by atoms with Crippen molar-refractivity contribution in [3.05, 3.63) is 12.7 Å². The summed E-state index contributed by atoms with van der Waals surface area (Å²) in [6.45, 7) is 7.38. The van der Waals surface area contributed by atoms with Gasteiger partial charge in [0.2, 0.25) is 0 Å². The third kappa shape index (κ3) is 4.09. The fourth-order valence-electron chi connectivity index (χ4n) is 1.80. The van der Waals surface area contributed by atoms with Crippen molar-refractivity contribution in [3.8, 4) is 0 Å². The van der Waals surface area contributed by atoms with Crippen LogP contribution < -0.4 is 5.32 Å². The van der Waals surface area contributed by atoms with E-state index in [2.05, 4.69) is 11.9 Å². The van der Waals surface area contributed by atoms with Crippen LogP contribution in [0.1, 0.15) is 26.7 Å². The van der Waals surface area contributed by atoms with Crippen molar-refractivity contribution in [3.63, 3.8) is 0 Å². The van der Waals surface area contributed by atoms with E-state index in [4.69, 9.17) is 5.11 Å². The Bertz CT molecular complexity index is 322. The predicted octanol–water partition coefficient (Wildman–Crippen LogP) is 1.46. The third-order valence-corrected chi connectivity index (χ3v) is 2.99. The lowest BCUT2D eigenvalue weighted by atomic mass is 9.99. The van der Waals surface area contributed by atoms with Crippen LogP contribution in [0.2, 0.25) is 0 Å². The first-order valence-corrected chi connectivity index (χ1v) is 5.76. The van der Waals surface area contributed by atoms with Gasteiger partial charge in [-0.15, -0.1) is 6.58 Å². The molecular formula is C12H20N2O3. The molecule has 1 fully saturated rings. The number of hydrogen-bond donors (Lipinski definition) is 2. The van der Waals surface area contributed by atoms with Crippen molar-refractivity contribution in [2.24, 2.45) is 5.92 Å². The van der Waals surface area contributed by atoms with Crippen LogP contribution in [0.3, 0.4) is 0 Å². The second-order valence-corrected chi connectivity index (χ2v) is 4.99. The van der Waals surface area contributed by atoms with E-state index >= 15 is 0 Å². The molecule has 1 saturated carbocycles. The summed E-state index contributed by atoms with van der Waals surface area (Å²) in [6, 6.07) is -0.343. The van der Waals surface area contributed by atoms with E-state index < -0.39 is 5.97 Å². The van der Waals surface area contributed by atoms with Gasteiger partial charge in [0.1, 0.15) is 6.54 Å². The molecule has 0 saturated heterocycles. The standard InChI is InChI=1S/C12H20N2O3/c1-4-7-14(8-10(15)16)11(17)13-12(2,3)9-5-6-9/h4,9H,1,5-8H2,2-3H3,(H,13,17)(H,15,16). The maximum absolute atomic E-state index is 11.9. The monoisotopic (exact) mass is 240 g/mol. The van der Waals surface area contributed by atoms with E-state index in [1.807, 2.05) is 13.8 Å². The van der Waals surface area contributed by atoms with Crippen molar-refractivity contribution in [2.75, 3.05) is 13.1 Å². The van der Waals surface area contributed by atoms with Crippen LogP contribution >= 0.6 is 0 Å². The van der Waals surface area contributed by atoms with E-state index in [-0.39, 0.29) is 24.7 Å². The average molecular weight is 240 g/mol. The Balaban J connectivity index is 2.57. The lowest BCUT2D eigenvalue weighted by Crippen LogP contribution is -2.52. The molecule has 0 radical (unpaired) electrons. The van der Waals surface area contributed by atoms with E-state index in [0.29, 0.717) is 5.92 Å². The maximum Gasteiger partial charge on any atom is 0.323 e. The zero-order valence-corrected chi connectivity index (χ0v) is 10.4. The topological polar surface area (TPSA) is 69.6 Å². The predicted molar refractivity (Wildman–Crippen MR) is 64.7 cm³/mol. The van der Waals surface area contributed by atoms with Crippen molar-refractivity contribution in [2.45, 2.75) is 32.2 Å². The summed E-state index contributed by atoms with van der Waals surface area (Å²) < 4.78 is 0. The molecule has 0 aromatic carbocycles. The lowest BCUT2D eigenvalue weighted by Gasteiger charge is -2.30. The molecule has 1 aliphatic rings. The van der Waals surface area contributed by atoms with Gasteiger partial charge >= 0.3 is 12.0 Å². The largest absolute Gasteiger partial charge is 0.480 e. The first kappa shape index (κ1) is 13.5. The van der Waals surface area contributed by atoms with Crippen molar-refractivity contribution >= 4 is 12.0 Å². The van der Waals surface area contributed by atoms with Gasteiger partial charge in [-0.1, -0.05) is 6.08 Å². The minimum Gasteiger partial charge on any atom is -0.480 e. The quantitative estimate of drug-likeness (QED) is 0.690. The number of nitrogens with zero attached hydrogens (tertiary/aromatic N) is 1. The summed E-state index contributed by atoms with van der Waals surface area (Å²) in [7, 11) is 0. The number of nitrogens with one attached hydrogen (secondary N) is 1. The molecule has 0 aromatic heterocycles. The highest BCUT2D eigenvalue weighted by atomic mass is 16.4. The van der Waals surface area contributed by atoms with Gasteiger partial charge in [0.05, 0.1) is 0 Å². The Morgan fingerprint density at radius 3 is 2.53 bits per heavy atom. The number of amides is 2. The Labute approximate surface area is 101 Å². The first-order valence-electron chi connectivity index (χ1n) is 5.76. The highest BCUT2D eigenvalue weighted by Crippen LogP contribution is 2.39. The third-order valence-electron chi connectivity index (χ3n) is 2.99. The second-order valence-electron chi connectivity index (χ2n) is 4.99. The highest BCUT2D eigenvalue weighted by Gasteiger charge is 2.39. The number of carboxylic acids is 1. The van der Waals surface area contributed by atoms with Crippen molar-refractivity contribution < 1.29 is 14.7 Å². The van der Waals surface area contributed by atoms with Gasteiger partial charge in [-0.2, -0.15) is 0 Å². The van der Waals surface area contributed by atoms with Crippen LogP contribution in [0.25, 0.3) is 0 Å². The average Bonchev–Trinajstić information content (AvgIpc) is 2.98. The molecule has 1 rings (SSSR count). The first-order chi connectivity index (χ1) is 7.86. The maximum atomic E-state index is 11.9. The molecule has 5 nitrogen and oxygen atoms in total. The number of carbonyl (C=O) groups is 2. The number of hydrogen-bond acceptors (Lipinski definition) is 2. The Kier molecular flexibility index (Phi) is 4.15. The SMILES string of the molecule is C=CCN(CC(=O)O)C(=O)NC(C)(C)C1CC1. The Morgan fingerprint density at radius 2 is 2.12 bits per heavy atom. The number of rotatable bonds is 6. The fourth-order valence-corrected chi connectivity index (χ4v) is 1.80. The van der Waals surface area contributed by atoms with E-state index in [1.54, 1.807) is 0 Å². The van der Waals surface area contributed by atoms with Gasteiger partial charge in [0.15, 0.2) is 0 Å².